The van der Waals surface area contributed by atoms with Crippen LogP contribution in [-0.2, 0) is 29.2 Å². The van der Waals surface area contributed by atoms with Gasteiger partial charge in [0, 0.05) is 19.3 Å². The Bertz CT molecular complexity index is 1010. The van der Waals surface area contributed by atoms with Crippen molar-refractivity contribution in [3.63, 3.8) is 0 Å². The largest absolute Gasteiger partial charge is 1.00 e. The van der Waals surface area contributed by atoms with E-state index in [2.05, 4.69) is 9.47 Å². The molecule has 0 fully saturated rings. The van der Waals surface area contributed by atoms with E-state index < -0.39 is 134 Å². The predicted octanol–water partition coefficient (Wildman–Crippen LogP) is 3.35. The molecule has 0 aromatic carbocycles. The van der Waals surface area contributed by atoms with E-state index in [0.29, 0.717) is 0 Å². The van der Waals surface area contributed by atoms with Crippen molar-refractivity contribution in [2.24, 2.45) is 0 Å². The second kappa shape index (κ2) is 16.5. The van der Waals surface area contributed by atoms with Crippen LogP contribution in [0.1, 0.15) is 71.6 Å². The summed E-state index contributed by atoms with van der Waals surface area (Å²) in [4.78, 5) is 23.6. The summed E-state index contributed by atoms with van der Waals surface area (Å²) >= 11 is 0. The quantitative estimate of drug-likeness (QED) is 0.0635. The molecular formula is C22H29F12NaO7S. The van der Waals surface area contributed by atoms with E-state index in [0.717, 1.165) is 6.92 Å². The zero-order chi connectivity index (χ0) is 33.4. The van der Waals surface area contributed by atoms with Crippen LogP contribution in [0.4, 0.5) is 52.7 Å². The van der Waals surface area contributed by atoms with Crippen LogP contribution >= 0.6 is 0 Å². The van der Waals surface area contributed by atoms with Crippen molar-refractivity contribution >= 4 is 22.1 Å². The van der Waals surface area contributed by atoms with Crippen LogP contribution in [0.3, 0.4) is 0 Å². The fourth-order valence-electron chi connectivity index (χ4n) is 3.44. The van der Waals surface area contributed by atoms with E-state index in [1.807, 2.05) is 0 Å². The summed E-state index contributed by atoms with van der Waals surface area (Å²) in [7, 11) is -5.73. The molecule has 0 aromatic rings. The molecule has 7 nitrogen and oxygen atoms in total. The van der Waals surface area contributed by atoms with E-state index in [9.17, 15) is 75.2 Å². The molecule has 0 bridgehead atoms. The predicted molar refractivity (Wildman–Crippen MR) is 118 cm³/mol. The Morgan fingerprint density at radius 3 is 1.58 bits per heavy atom. The maximum absolute atomic E-state index is 13.8. The SMILES string of the molecule is CCC(F)(F)CC(F)(F)CC(F)(F)CCOC(=O)CC(C(=O)OCCCC(F)(F)CC(F)(F)CC(C)(F)F)S(=O)(=O)[O-].[Na+]. The zero-order valence-corrected chi connectivity index (χ0v) is 26.0. The van der Waals surface area contributed by atoms with Crippen molar-refractivity contribution in [3.8, 4) is 0 Å². The molecule has 250 valence electrons. The monoisotopic (exact) mass is 688 g/mol. The van der Waals surface area contributed by atoms with Crippen molar-refractivity contribution in [3.05, 3.63) is 0 Å². The first-order chi connectivity index (χ1) is 18.5. The molecule has 43 heavy (non-hydrogen) atoms. The van der Waals surface area contributed by atoms with Crippen LogP contribution in [0.5, 0.6) is 0 Å². The van der Waals surface area contributed by atoms with Gasteiger partial charge in [-0.1, -0.05) is 6.92 Å². The van der Waals surface area contributed by atoms with E-state index in [4.69, 9.17) is 0 Å². The van der Waals surface area contributed by atoms with Crippen molar-refractivity contribution in [1.29, 1.82) is 0 Å². The minimum absolute atomic E-state index is 0. The molecular weight excluding hydrogens is 659 g/mol. The first-order valence-electron chi connectivity index (χ1n) is 12.0. The first kappa shape index (κ1) is 44.1. The molecule has 0 amide bonds. The summed E-state index contributed by atoms with van der Waals surface area (Å²) in [6.07, 6.45) is -15.7. The van der Waals surface area contributed by atoms with Gasteiger partial charge in [0.25, 0.3) is 35.5 Å². The number of rotatable bonds is 20. The summed E-state index contributed by atoms with van der Waals surface area (Å²) in [5, 5.41) is -2.89. The Balaban J connectivity index is 0. The molecule has 1 unspecified atom stereocenters. The molecule has 0 saturated heterocycles. The first-order valence-corrected chi connectivity index (χ1v) is 13.5. The standard InChI is InChI=1S/C22H30F12O7S.Na/c1-3-18(25,26)11-22(33,34)13-20(29,30)6-8-40-15(35)9-14(42(37,38)39)16(36)41-7-4-5-19(27,28)12-21(31,32)10-17(2,23)24;/h14H,3-13H2,1-2H3,(H,37,38,39);/q;+1/p-1. The Morgan fingerprint density at radius 2 is 1.14 bits per heavy atom. The van der Waals surface area contributed by atoms with Gasteiger partial charge in [0.15, 0.2) is 5.25 Å². The number of carbonyl (C=O) groups is 2. The normalized spacial score (nSPS) is 14.6. The van der Waals surface area contributed by atoms with Gasteiger partial charge in [-0.3, -0.25) is 9.59 Å². The molecule has 0 rings (SSSR count). The molecule has 21 heteroatoms. The van der Waals surface area contributed by atoms with Gasteiger partial charge in [0.2, 0.25) is 0 Å². The van der Waals surface area contributed by atoms with Crippen molar-refractivity contribution in [2.75, 3.05) is 13.2 Å². The average Bonchev–Trinajstić information content (AvgIpc) is 2.69. The van der Waals surface area contributed by atoms with Crippen LogP contribution in [0, 0.1) is 0 Å². The minimum Gasteiger partial charge on any atom is -0.747 e. The maximum Gasteiger partial charge on any atom is 1.00 e. The molecule has 0 spiro atoms. The maximum atomic E-state index is 13.8. The second-order valence-corrected chi connectivity index (χ2v) is 11.4. The molecule has 0 N–H and O–H groups in total. The zero-order valence-electron chi connectivity index (χ0n) is 23.2. The van der Waals surface area contributed by atoms with Gasteiger partial charge in [-0.2, -0.15) is 0 Å². The molecule has 0 heterocycles. The minimum atomic E-state index is -5.73. The molecule has 0 aromatic heterocycles. The summed E-state index contributed by atoms with van der Waals surface area (Å²) in [6.45, 7) is -1.55. The number of carbonyl (C=O) groups excluding carboxylic acids is 2. The third kappa shape index (κ3) is 20.6. The van der Waals surface area contributed by atoms with E-state index in [-0.39, 0.29) is 36.5 Å². The van der Waals surface area contributed by atoms with Gasteiger partial charge in [0.05, 0.1) is 45.3 Å². The van der Waals surface area contributed by atoms with Crippen LogP contribution in [-0.4, -0.2) is 78.9 Å². The van der Waals surface area contributed by atoms with E-state index in [1.54, 1.807) is 0 Å². The van der Waals surface area contributed by atoms with Gasteiger partial charge in [0.1, 0.15) is 10.1 Å². The summed E-state index contributed by atoms with van der Waals surface area (Å²) in [5.74, 6) is -29.3. The molecule has 0 aliphatic rings. The number of ether oxygens (including phenoxy) is 2. The fraction of sp³-hybridized carbons (Fsp3) is 0.909. The Labute approximate surface area is 261 Å². The van der Waals surface area contributed by atoms with Gasteiger partial charge >= 0.3 is 41.5 Å². The molecule has 0 aliphatic carbocycles. The summed E-state index contributed by atoms with van der Waals surface area (Å²) < 4.78 is 203. The smallest absolute Gasteiger partial charge is 0.747 e. The van der Waals surface area contributed by atoms with Crippen molar-refractivity contribution in [2.45, 2.75) is 112 Å². The third-order valence-electron chi connectivity index (χ3n) is 5.26. The molecule has 0 radical (unpaired) electrons. The van der Waals surface area contributed by atoms with Gasteiger partial charge in [-0.05, 0) is 13.3 Å². The topological polar surface area (TPSA) is 110 Å². The van der Waals surface area contributed by atoms with Gasteiger partial charge < -0.3 is 14.0 Å². The second-order valence-electron chi connectivity index (χ2n) is 9.84. The van der Waals surface area contributed by atoms with Gasteiger partial charge in [-0.15, -0.1) is 0 Å². The van der Waals surface area contributed by atoms with Crippen LogP contribution in [0.2, 0.25) is 0 Å². The van der Waals surface area contributed by atoms with E-state index in [1.165, 1.54) is 0 Å². The fourth-order valence-corrected chi connectivity index (χ4v) is 4.08. The Morgan fingerprint density at radius 1 is 0.698 bits per heavy atom. The summed E-state index contributed by atoms with van der Waals surface area (Å²) in [5.41, 5.74) is 0. The summed E-state index contributed by atoms with van der Waals surface area (Å²) in [6, 6.07) is 0. The average molecular weight is 689 g/mol. The Kier molecular flexibility index (Phi) is 17.0. The number of alkyl halides is 12. The molecule has 1 atom stereocenters. The van der Waals surface area contributed by atoms with Crippen molar-refractivity contribution < 1.29 is 114 Å². The van der Waals surface area contributed by atoms with Crippen LogP contribution in [0.15, 0.2) is 0 Å². The van der Waals surface area contributed by atoms with Crippen LogP contribution < -0.4 is 29.6 Å². The van der Waals surface area contributed by atoms with Gasteiger partial charge in [-0.25, -0.2) is 61.1 Å². The number of hydrogen-bond donors (Lipinski definition) is 0. The van der Waals surface area contributed by atoms with Crippen LogP contribution in [0.25, 0.3) is 0 Å². The molecule has 0 aliphatic heterocycles. The Hall–Kier alpha value is -0.990. The molecule has 0 saturated carbocycles. The number of halogens is 12. The van der Waals surface area contributed by atoms with Crippen molar-refractivity contribution in [1.82, 2.24) is 0 Å². The third-order valence-corrected chi connectivity index (χ3v) is 6.32. The number of hydrogen-bond acceptors (Lipinski definition) is 7. The number of esters is 2. The van der Waals surface area contributed by atoms with E-state index >= 15 is 0 Å².